The molecule has 0 amide bonds. The minimum Gasteiger partial charge on any atom is -0.456 e. The number of hydrogen-bond donors (Lipinski definition) is 1. The number of cyclic esters (lactones) is 1. The van der Waals surface area contributed by atoms with Crippen LogP contribution < -0.4 is 5.32 Å². The number of ether oxygens (including phenoxy) is 1. The predicted molar refractivity (Wildman–Crippen MR) is 60.9 cm³/mol. The minimum atomic E-state index is -3.31. The highest BCUT2D eigenvalue weighted by atomic mass is 19.3. The zero-order chi connectivity index (χ0) is 13.3. The largest absolute Gasteiger partial charge is 0.456 e. The summed E-state index contributed by atoms with van der Waals surface area (Å²) in [5.74, 6) is -4.21. The van der Waals surface area contributed by atoms with E-state index in [0.717, 1.165) is 0 Å². The van der Waals surface area contributed by atoms with Gasteiger partial charge in [-0.15, -0.1) is 0 Å². The first-order valence-corrected chi connectivity index (χ1v) is 5.95. The van der Waals surface area contributed by atoms with Crippen LogP contribution >= 0.6 is 0 Å². The van der Waals surface area contributed by atoms with Gasteiger partial charge in [-0.05, 0) is 11.3 Å². The molecular formula is C12H21F2NO2. The average Bonchev–Trinajstić information content (AvgIpc) is 2.40. The fourth-order valence-corrected chi connectivity index (χ4v) is 1.52. The number of carbonyl (C=O) groups excluding carboxylic acids is 1. The molecule has 100 valence electrons. The molecule has 1 rings (SSSR count). The average molecular weight is 249 g/mol. The predicted octanol–water partition coefficient (Wildman–Crippen LogP) is 2.21. The molecule has 0 aliphatic carbocycles. The van der Waals surface area contributed by atoms with Gasteiger partial charge in [-0.25, -0.2) is 4.79 Å². The Hall–Kier alpha value is -0.710. The number of rotatable bonds is 5. The SMILES string of the molecule is CC(C)C(C)(C)CNCC1CC(F)(F)C(=O)O1. The normalized spacial score (nSPS) is 24.2. The van der Waals surface area contributed by atoms with Crippen molar-refractivity contribution in [2.24, 2.45) is 11.3 Å². The topological polar surface area (TPSA) is 38.3 Å². The van der Waals surface area contributed by atoms with E-state index in [9.17, 15) is 13.6 Å². The lowest BCUT2D eigenvalue weighted by atomic mass is 9.81. The summed E-state index contributed by atoms with van der Waals surface area (Å²) in [7, 11) is 0. The summed E-state index contributed by atoms with van der Waals surface area (Å²) in [6.45, 7) is 9.46. The fourth-order valence-electron chi connectivity index (χ4n) is 1.52. The molecule has 1 unspecified atom stereocenters. The van der Waals surface area contributed by atoms with Gasteiger partial charge in [-0.1, -0.05) is 27.7 Å². The van der Waals surface area contributed by atoms with Crippen molar-refractivity contribution in [3.05, 3.63) is 0 Å². The minimum absolute atomic E-state index is 0.0884. The molecule has 1 fully saturated rings. The lowest BCUT2D eigenvalue weighted by molar-refractivity contribution is -0.159. The van der Waals surface area contributed by atoms with E-state index in [0.29, 0.717) is 12.5 Å². The maximum atomic E-state index is 12.9. The Morgan fingerprint density at radius 2 is 2.12 bits per heavy atom. The van der Waals surface area contributed by atoms with Crippen molar-refractivity contribution in [1.82, 2.24) is 5.32 Å². The van der Waals surface area contributed by atoms with Crippen molar-refractivity contribution >= 4 is 5.97 Å². The molecule has 0 radical (unpaired) electrons. The summed E-state index contributed by atoms with van der Waals surface area (Å²) in [5, 5.41) is 3.10. The third-order valence-corrected chi connectivity index (χ3v) is 3.57. The maximum absolute atomic E-state index is 12.9. The molecule has 1 atom stereocenters. The van der Waals surface area contributed by atoms with Gasteiger partial charge in [-0.3, -0.25) is 0 Å². The van der Waals surface area contributed by atoms with E-state index in [1.807, 2.05) is 0 Å². The van der Waals surface area contributed by atoms with Crippen LogP contribution in [0.3, 0.4) is 0 Å². The van der Waals surface area contributed by atoms with Crippen LogP contribution in [0.2, 0.25) is 0 Å². The van der Waals surface area contributed by atoms with Gasteiger partial charge in [0.05, 0.1) is 6.42 Å². The smallest absolute Gasteiger partial charge is 0.377 e. The first-order valence-electron chi connectivity index (χ1n) is 5.95. The maximum Gasteiger partial charge on any atom is 0.377 e. The van der Waals surface area contributed by atoms with Crippen molar-refractivity contribution in [1.29, 1.82) is 0 Å². The Kier molecular flexibility index (Phi) is 4.12. The number of halogens is 2. The molecule has 0 saturated carbocycles. The molecule has 3 nitrogen and oxygen atoms in total. The molecule has 0 aromatic carbocycles. The van der Waals surface area contributed by atoms with E-state index in [4.69, 9.17) is 0 Å². The first kappa shape index (κ1) is 14.4. The van der Waals surface area contributed by atoms with E-state index in [-0.39, 0.29) is 12.0 Å². The highest BCUT2D eigenvalue weighted by molar-refractivity contribution is 5.79. The summed E-state index contributed by atoms with van der Waals surface area (Å²) in [6.07, 6.45) is -1.22. The number of nitrogens with one attached hydrogen (secondary N) is 1. The summed E-state index contributed by atoms with van der Waals surface area (Å²) < 4.78 is 30.4. The molecule has 5 heteroatoms. The quantitative estimate of drug-likeness (QED) is 0.759. The zero-order valence-corrected chi connectivity index (χ0v) is 10.8. The summed E-state index contributed by atoms with van der Waals surface area (Å²) in [6, 6.07) is 0. The van der Waals surface area contributed by atoms with E-state index >= 15 is 0 Å². The fraction of sp³-hybridized carbons (Fsp3) is 0.917. The molecule has 1 heterocycles. The lowest BCUT2D eigenvalue weighted by Gasteiger charge is -2.29. The summed E-state index contributed by atoms with van der Waals surface area (Å²) in [5.41, 5.74) is 0.0884. The van der Waals surface area contributed by atoms with Crippen molar-refractivity contribution in [2.45, 2.75) is 46.1 Å². The van der Waals surface area contributed by atoms with Gasteiger partial charge in [0.2, 0.25) is 0 Å². The second kappa shape index (κ2) is 4.88. The van der Waals surface area contributed by atoms with E-state index in [1.165, 1.54) is 0 Å². The molecule has 1 aliphatic heterocycles. The van der Waals surface area contributed by atoms with Gasteiger partial charge in [0.25, 0.3) is 0 Å². The second-order valence-corrected chi connectivity index (χ2v) is 5.71. The van der Waals surface area contributed by atoms with Crippen molar-refractivity contribution in [3.8, 4) is 0 Å². The van der Waals surface area contributed by atoms with Gasteiger partial charge in [-0.2, -0.15) is 8.78 Å². The highest BCUT2D eigenvalue weighted by Crippen LogP contribution is 2.30. The van der Waals surface area contributed by atoms with Gasteiger partial charge in [0.1, 0.15) is 6.10 Å². The Morgan fingerprint density at radius 1 is 1.53 bits per heavy atom. The van der Waals surface area contributed by atoms with Crippen LogP contribution in [0.1, 0.15) is 34.1 Å². The third kappa shape index (κ3) is 3.63. The Morgan fingerprint density at radius 3 is 2.53 bits per heavy atom. The van der Waals surface area contributed by atoms with Gasteiger partial charge in [0, 0.05) is 13.1 Å². The molecule has 1 N–H and O–H groups in total. The van der Waals surface area contributed by atoms with E-state index in [2.05, 4.69) is 37.7 Å². The van der Waals surface area contributed by atoms with Crippen LogP contribution in [0.4, 0.5) is 8.78 Å². The van der Waals surface area contributed by atoms with Crippen LogP contribution in [-0.4, -0.2) is 31.1 Å². The van der Waals surface area contributed by atoms with Gasteiger partial charge >= 0.3 is 11.9 Å². The Bertz CT molecular complexity index is 290. The zero-order valence-electron chi connectivity index (χ0n) is 10.8. The standard InChI is InChI=1S/C12H21F2NO2/c1-8(2)11(3,4)7-15-6-9-5-12(13,14)10(16)17-9/h8-9,15H,5-7H2,1-4H3. The number of carbonyl (C=O) groups is 1. The van der Waals surface area contributed by atoms with Gasteiger partial charge in [0.15, 0.2) is 0 Å². The van der Waals surface area contributed by atoms with Crippen LogP contribution in [0, 0.1) is 11.3 Å². The highest BCUT2D eigenvalue weighted by Gasteiger charge is 2.50. The molecule has 1 saturated heterocycles. The molecule has 0 bridgehead atoms. The van der Waals surface area contributed by atoms with Crippen LogP contribution in [-0.2, 0) is 9.53 Å². The first-order chi connectivity index (χ1) is 7.65. The number of alkyl halides is 2. The molecular weight excluding hydrogens is 228 g/mol. The summed E-state index contributed by atoms with van der Waals surface area (Å²) in [4.78, 5) is 10.8. The Labute approximate surface area is 101 Å². The van der Waals surface area contributed by atoms with Crippen LogP contribution in [0.5, 0.6) is 0 Å². The van der Waals surface area contributed by atoms with Crippen LogP contribution in [0.25, 0.3) is 0 Å². The van der Waals surface area contributed by atoms with E-state index < -0.39 is 24.4 Å². The number of hydrogen-bond acceptors (Lipinski definition) is 3. The second-order valence-electron chi connectivity index (χ2n) is 5.71. The molecule has 1 aliphatic rings. The molecule has 0 aromatic rings. The van der Waals surface area contributed by atoms with Crippen molar-refractivity contribution in [3.63, 3.8) is 0 Å². The van der Waals surface area contributed by atoms with Crippen molar-refractivity contribution < 1.29 is 18.3 Å². The monoisotopic (exact) mass is 249 g/mol. The van der Waals surface area contributed by atoms with Crippen molar-refractivity contribution in [2.75, 3.05) is 13.1 Å². The molecule has 0 spiro atoms. The number of esters is 1. The molecule has 17 heavy (non-hydrogen) atoms. The summed E-state index contributed by atoms with van der Waals surface area (Å²) >= 11 is 0. The lowest BCUT2D eigenvalue weighted by Crippen LogP contribution is -2.37. The third-order valence-electron chi connectivity index (χ3n) is 3.57. The molecule has 0 aromatic heterocycles. The van der Waals surface area contributed by atoms with E-state index in [1.54, 1.807) is 0 Å². The van der Waals surface area contributed by atoms with Crippen LogP contribution in [0.15, 0.2) is 0 Å². The Balaban J connectivity index is 2.32. The van der Waals surface area contributed by atoms with Gasteiger partial charge < -0.3 is 10.1 Å².